The first-order valence-electron chi connectivity index (χ1n) is 20.1. The molecule has 4 heterocycles. The van der Waals surface area contributed by atoms with E-state index in [1.807, 2.05) is 19.1 Å². The highest BCUT2D eigenvalue weighted by atomic mass is 35.5. The van der Waals surface area contributed by atoms with Gasteiger partial charge in [-0.3, -0.25) is 14.6 Å². The van der Waals surface area contributed by atoms with Crippen LogP contribution < -0.4 is 14.4 Å². The van der Waals surface area contributed by atoms with Crippen LogP contribution in [0.1, 0.15) is 80.3 Å². The number of carbonyl (C=O) groups is 1. The molecule has 8 rings (SSSR count). The third-order valence-electron chi connectivity index (χ3n) is 14.1. The van der Waals surface area contributed by atoms with Crippen molar-refractivity contribution in [2.45, 2.75) is 93.4 Å². The Balaban J connectivity index is 1.18. The van der Waals surface area contributed by atoms with Gasteiger partial charge >= 0.3 is 0 Å². The molecule has 2 bridgehead atoms. The van der Waals surface area contributed by atoms with Gasteiger partial charge in [-0.2, -0.15) is 0 Å². The highest BCUT2D eigenvalue weighted by Gasteiger charge is 2.51. The lowest BCUT2D eigenvalue weighted by molar-refractivity contribution is -0.119. The van der Waals surface area contributed by atoms with E-state index in [1.165, 1.54) is 11.1 Å². The van der Waals surface area contributed by atoms with Crippen LogP contribution in [0, 0.1) is 17.8 Å². The maximum Gasteiger partial charge on any atom is 0.264 e. The molecule has 4 aliphatic heterocycles. The van der Waals surface area contributed by atoms with E-state index in [0.29, 0.717) is 56.5 Å². The Morgan fingerprint density at radius 3 is 2.67 bits per heavy atom. The fourth-order valence-corrected chi connectivity index (χ4v) is 12.0. The molecule has 2 aliphatic carbocycles. The zero-order valence-corrected chi connectivity index (χ0v) is 33.8. The highest BCUT2D eigenvalue weighted by molar-refractivity contribution is 7.90. The van der Waals surface area contributed by atoms with Crippen molar-refractivity contribution in [1.82, 2.24) is 14.5 Å². The van der Waals surface area contributed by atoms with Crippen LogP contribution in [0.5, 0.6) is 5.75 Å². The second-order valence-electron chi connectivity index (χ2n) is 17.4. The van der Waals surface area contributed by atoms with E-state index in [2.05, 4.69) is 37.6 Å². The minimum absolute atomic E-state index is 0.0826. The van der Waals surface area contributed by atoms with Gasteiger partial charge < -0.3 is 14.4 Å². The zero-order chi connectivity index (χ0) is 38.8. The number of halogens is 3. The summed E-state index contributed by atoms with van der Waals surface area (Å²) in [5.74, 6) is -2.59. The van der Waals surface area contributed by atoms with Crippen molar-refractivity contribution in [3.63, 3.8) is 0 Å². The van der Waals surface area contributed by atoms with Crippen LogP contribution in [0.25, 0.3) is 0 Å². The number of allylic oxidation sites excluding steroid dienone is 1. The SMILES string of the molecule is CO[C@]1(CN2CCN3CCC(F)(F)CC3C2)/C=C\C[C@H](C)[C@@H](C)S(=O)(=O)NC(=O)c2ccc3c(c2)N(C[C@@H]2CC[C@H]21)C[C@@]1(CCCc2cc(Cl)ccc21)CO3. The molecule has 6 aliphatic rings. The van der Waals surface area contributed by atoms with Crippen molar-refractivity contribution >= 4 is 33.2 Å². The number of anilines is 1. The van der Waals surface area contributed by atoms with Gasteiger partial charge in [-0.25, -0.2) is 21.9 Å². The number of piperidine rings is 1. The molecule has 300 valence electrons. The van der Waals surface area contributed by atoms with Crippen molar-refractivity contribution in [2.75, 3.05) is 64.4 Å². The van der Waals surface area contributed by atoms with E-state index >= 15 is 0 Å². The molecule has 0 aromatic heterocycles. The van der Waals surface area contributed by atoms with Gasteiger partial charge in [0.25, 0.3) is 11.8 Å². The van der Waals surface area contributed by atoms with Crippen LogP contribution in [0.15, 0.2) is 48.6 Å². The third-order valence-corrected chi connectivity index (χ3v) is 16.2. The first-order valence-corrected chi connectivity index (χ1v) is 22.1. The van der Waals surface area contributed by atoms with Gasteiger partial charge in [0.05, 0.1) is 17.5 Å². The molecule has 55 heavy (non-hydrogen) atoms. The van der Waals surface area contributed by atoms with E-state index in [4.69, 9.17) is 21.1 Å². The van der Waals surface area contributed by atoms with E-state index in [9.17, 15) is 22.0 Å². The minimum Gasteiger partial charge on any atom is -0.490 e. The Labute approximate surface area is 329 Å². The van der Waals surface area contributed by atoms with Gasteiger partial charge in [0.1, 0.15) is 11.4 Å². The number of nitrogens with one attached hydrogen (secondary N) is 1. The number of hydrogen-bond donors (Lipinski definition) is 1. The van der Waals surface area contributed by atoms with Crippen LogP contribution >= 0.6 is 11.6 Å². The first-order chi connectivity index (χ1) is 26.2. The van der Waals surface area contributed by atoms with Crippen molar-refractivity contribution in [3.05, 3.63) is 70.3 Å². The average Bonchev–Trinajstić information content (AvgIpc) is 3.28. The van der Waals surface area contributed by atoms with E-state index in [1.54, 1.807) is 32.2 Å². The number of rotatable bonds is 3. The Bertz CT molecular complexity index is 1930. The summed E-state index contributed by atoms with van der Waals surface area (Å²) in [4.78, 5) is 20.6. The number of hydrogen-bond acceptors (Lipinski definition) is 8. The number of aryl methyl sites for hydroxylation is 1. The van der Waals surface area contributed by atoms with Crippen LogP contribution in [-0.4, -0.2) is 106 Å². The number of methoxy groups -OCH3 is 1. The predicted molar refractivity (Wildman–Crippen MR) is 211 cm³/mol. The third kappa shape index (κ3) is 7.55. The monoisotopic (exact) mass is 800 g/mol. The Kier molecular flexibility index (Phi) is 10.6. The number of carbonyl (C=O) groups excluding carboxylic acids is 1. The molecule has 9 nitrogen and oxygen atoms in total. The van der Waals surface area contributed by atoms with Gasteiger partial charge in [0, 0.05) is 87.8 Å². The summed E-state index contributed by atoms with van der Waals surface area (Å²) >= 11 is 6.49. The van der Waals surface area contributed by atoms with Gasteiger partial charge in [0.15, 0.2) is 0 Å². The minimum atomic E-state index is -4.02. The Morgan fingerprint density at radius 1 is 1.05 bits per heavy atom. The van der Waals surface area contributed by atoms with Gasteiger partial charge in [-0.1, -0.05) is 36.7 Å². The smallest absolute Gasteiger partial charge is 0.264 e. The number of ether oxygens (including phenoxy) is 2. The molecule has 2 aromatic rings. The molecule has 13 heteroatoms. The summed E-state index contributed by atoms with van der Waals surface area (Å²) in [5.41, 5.74) is 2.47. The Morgan fingerprint density at radius 2 is 1.89 bits per heavy atom. The van der Waals surface area contributed by atoms with Crippen molar-refractivity contribution in [1.29, 1.82) is 0 Å². The summed E-state index contributed by atoms with van der Waals surface area (Å²) in [5, 5.41) is -0.128. The molecular weight excluding hydrogens is 746 g/mol. The lowest BCUT2D eigenvalue weighted by Gasteiger charge is -2.53. The molecular formula is C42H55ClF2N4O5S. The van der Waals surface area contributed by atoms with Gasteiger partial charge in [-0.15, -0.1) is 0 Å². The first kappa shape index (κ1) is 39.1. The summed E-state index contributed by atoms with van der Waals surface area (Å²) < 4.78 is 72.2. The van der Waals surface area contributed by atoms with Gasteiger partial charge in [0.2, 0.25) is 10.0 Å². The summed E-state index contributed by atoms with van der Waals surface area (Å²) in [6.45, 7) is 8.40. The number of sulfonamides is 1. The molecule has 7 atom stereocenters. The number of benzene rings is 2. The van der Waals surface area contributed by atoms with E-state index < -0.39 is 32.7 Å². The fraction of sp³-hybridized carbons (Fsp3) is 0.643. The van der Waals surface area contributed by atoms with Crippen molar-refractivity contribution < 1.29 is 31.5 Å². The molecule has 2 saturated heterocycles. The van der Waals surface area contributed by atoms with Crippen LogP contribution in [0.3, 0.4) is 0 Å². The summed E-state index contributed by atoms with van der Waals surface area (Å²) in [7, 11) is -2.26. The number of amides is 1. The second kappa shape index (κ2) is 14.9. The molecule has 2 aromatic carbocycles. The number of nitrogens with zero attached hydrogens (tertiary/aromatic N) is 3. The Hall–Kier alpha value is -2.77. The second-order valence-corrected chi connectivity index (χ2v) is 19.9. The zero-order valence-electron chi connectivity index (χ0n) is 32.2. The van der Waals surface area contributed by atoms with Crippen molar-refractivity contribution in [2.24, 2.45) is 17.8 Å². The molecule has 1 saturated carbocycles. The molecule has 1 spiro atoms. The quantitative estimate of drug-likeness (QED) is 0.344. The summed E-state index contributed by atoms with van der Waals surface area (Å²) in [6, 6.07) is 11.2. The lowest BCUT2D eigenvalue weighted by Crippen LogP contribution is -2.62. The fourth-order valence-electron chi connectivity index (χ4n) is 10.5. The van der Waals surface area contributed by atoms with Crippen LogP contribution in [-0.2, 0) is 26.6 Å². The average molecular weight is 801 g/mol. The number of fused-ring (bicyclic) bond motifs is 5. The van der Waals surface area contributed by atoms with Crippen LogP contribution in [0.2, 0.25) is 5.02 Å². The maximum absolute atomic E-state index is 14.6. The number of piperazine rings is 1. The lowest BCUT2D eigenvalue weighted by atomic mass is 9.63. The molecule has 0 radical (unpaired) electrons. The predicted octanol–water partition coefficient (Wildman–Crippen LogP) is 6.68. The molecule has 1 unspecified atom stereocenters. The molecule has 3 fully saturated rings. The van der Waals surface area contributed by atoms with Crippen LogP contribution in [0.4, 0.5) is 14.5 Å². The largest absolute Gasteiger partial charge is 0.490 e. The topological polar surface area (TPSA) is 91.4 Å². The maximum atomic E-state index is 14.6. The molecule has 1 N–H and O–H groups in total. The highest BCUT2D eigenvalue weighted by Crippen LogP contribution is 2.49. The van der Waals surface area contributed by atoms with Gasteiger partial charge in [-0.05, 0) is 105 Å². The standard InChI is InChI=1S/C42H55ClF2N4O5S/c1-28-6-4-15-41(53-3,26-47-18-19-48-17-16-42(44,45)22-34(48)24-47)36-11-8-32(36)23-49-25-40(14-5-7-30-20-33(43)10-12-35(30)40)27-54-38-13-9-31(21-37(38)49)39(50)46-55(51,52)29(28)2/h4,9-10,12-13,15,20-21,28-29,32,34,36H,5-8,11,14,16-19,22-27H2,1-3H3,(H,46,50)/b15-4-/t28-,29+,32-,34?,36+,40-,41-/m0/s1. The van der Waals surface area contributed by atoms with E-state index in [-0.39, 0.29) is 47.6 Å². The van der Waals surface area contributed by atoms with E-state index in [0.717, 1.165) is 50.9 Å². The normalized spacial score (nSPS) is 35.6. The number of alkyl halides is 2. The van der Waals surface area contributed by atoms with Crippen molar-refractivity contribution in [3.8, 4) is 5.75 Å². The molecule has 1 amide bonds. The summed E-state index contributed by atoms with van der Waals surface area (Å²) in [6.07, 6.45) is 9.25.